The molecular weight excluding hydrogens is 308 g/mol. The van der Waals surface area contributed by atoms with Crippen molar-refractivity contribution in [2.75, 3.05) is 12.5 Å². The first-order valence-electron chi connectivity index (χ1n) is 8.76. The third kappa shape index (κ3) is 2.46. The van der Waals surface area contributed by atoms with Crippen molar-refractivity contribution in [3.05, 3.63) is 23.8 Å². The van der Waals surface area contributed by atoms with Crippen LogP contribution in [-0.4, -0.2) is 23.1 Å². The van der Waals surface area contributed by atoms with Crippen LogP contribution in [0.4, 0.5) is 0 Å². The number of ketones is 1. The molecule has 3 nitrogen and oxygen atoms in total. The average molecular weight is 330 g/mol. The minimum Gasteiger partial charge on any atom is -0.454 e. The minimum absolute atomic E-state index is 0.226. The zero-order valence-electron chi connectivity index (χ0n) is 13.3. The molecule has 1 heterocycles. The molecule has 5 aliphatic rings. The largest absolute Gasteiger partial charge is 0.454 e. The molecular formula is C19H22O3S. The molecule has 122 valence electrons. The van der Waals surface area contributed by atoms with Crippen LogP contribution in [0.15, 0.2) is 18.2 Å². The van der Waals surface area contributed by atoms with Gasteiger partial charge in [0, 0.05) is 10.3 Å². The maximum Gasteiger partial charge on any atom is 0.231 e. The van der Waals surface area contributed by atoms with Gasteiger partial charge in [0.1, 0.15) is 0 Å². The van der Waals surface area contributed by atoms with Crippen LogP contribution in [0.25, 0.3) is 0 Å². The lowest BCUT2D eigenvalue weighted by Gasteiger charge is -2.56. The Kier molecular flexibility index (Phi) is 3.19. The van der Waals surface area contributed by atoms with Gasteiger partial charge < -0.3 is 9.47 Å². The van der Waals surface area contributed by atoms with E-state index >= 15 is 0 Å². The molecule has 6 rings (SSSR count). The van der Waals surface area contributed by atoms with Gasteiger partial charge in [0.25, 0.3) is 0 Å². The van der Waals surface area contributed by atoms with E-state index in [9.17, 15) is 4.79 Å². The van der Waals surface area contributed by atoms with Crippen LogP contribution >= 0.6 is 11.8 Å². The average Bonchev–Trinajstić information content (AvgIpc) is 2.99. The van der Waals surface area contributed by atoms with Crippen LogP contribution in [-0.2, 0) is 0 Å². The van der Waals surface area contributed by atoms with Gasteiger partial charge in [-0.15, -0.1) is 11.8 Å². The van der Waals surface area contributed by atoms with Crippen LogP contribution < -0.4 is 9.47 Å². The fourth-order valence-corrected chi connectivity index (χ4v) is 7.24. The second-order valence-electron chi connectivity index (χ2n) is 7.88. The number of ether oxygens (including phenoxy) is 2. The molecule has 0 saturated heterocycles. The Hall–Kier alpha value is -1.16. The molecule has 4 aliphatic carbocycles. The predicted molar refractivity (Wildman–Crippen MR) is 90.3 cm³/mol. The Morgan fingerprint density at radius 2 is 1.70 bits per heavy atom. The van der Waals surface area contributed by atoms with Gasteiger partial charge in [-0.05, 0) is 74.5 Å². The molecule has 0 radical (unpaired) electrons. The fourth-order valence-electron chi connectivity index (χ4n) is 5.58. The summed E-state index contributed by atoms with van der Waals surface area (Å²) in [4.78, 5) is 12.6. The number of benzene rings is 1. The minimum atomic E-state index is 0.226. The summed E-state index contributed by atoms with van der Waals surface area (Å²) in [5.41, 5.74) is 0.756. The van der Waals surface area contributed by atoms with Gasteiger partial charge in [-0.25, -0.2) is 0 Å². The first-order valence-corrected chi connectivity index (χ1v) is 9.74. The number of hydrogen-bond donors (Lipinski definition) is 0. The van der Waals surface area contributed by atoms with E-state index < -0.39 is 0 Å². The molecule has 0 amide bonds. The summed E-state index contributed by atoms with van der Waals surface area (Å²) in [5, 5.41) is 0. The van der Waals surface area contributed by atoms with Crippen LogP contribution in [0.2, 0.25) is 0 Å². The zero-order valence-corrected chi connectivity index (χ0v) is 14.1. The van der Waals surface area contributed by atoms with E-state index in [0.29, 0.717) is 16.2 Å². The van der Waals surface area contributed by atoms with Crippen molar-refractivity contribution >= 4 is 17.5 Å². The molecule has 23 heavy (non-hydrogen) atoms. The highest BCUT2D eigenvalue weighted by atomic mass is 32.2. The lowest BCUT2D eigenvalue weighted by atomic mass is 9.56. The summed E-state index contributed by atoms with van der Waals surface area (Å²) in [7, 11) is 0. The molecule has 0 N–H and O–H groups in total. The third-order valence-corrected chi connectivity index (χ3v) is 7.70. The first-order chi connectivity index (χ1) is 11.2. The first kappa shape index (κ1) is 14.2. The Labute approximate surface area is 141 Å². The molecule has 1 aliphatic heterocycles. The summed E-state index contributed by atoms with van der Waals surface area (Å²) in [6, 6.07) is 5.56. The van der Waals surface area contributed by atoms with E-state index in [1.807, 2.05) is 30.0 Å². The quantitative estimate of drug-likeness (QED) is 0.771. The van der Waals surface area contributed by atoms with Gasteiger partial charge in [0.2, 0.25) is 6.79 Å². The third-order valence-electron chi connectivity index (χ3n) is 6.19. The SMILES string of the molecule is O=C(CSC12CC3CC(CC(C3)C1)C2)c1ccc2c(c1)OCO2. The Morgan fingerprint density at radius 1 is 1.04 bits per heavy atom. The van der Waals surface area contributed by atoms with E-state index in [1.54, 1.807) is 0 Å². The van der Waals surface area contributed by atoms with Crippen molar-refractivity contribution in [3.8, 4) is 11.5 Å². The van der Waals surface area contributed by atoms with Crippen molar-refractivity contribution in [2.24, 2.45) is 17.8 Å². The van der Waals surface area contributed by atoms with E-state index in [0.717, 1.165) is 29.1 Å². The number of carbonyl (C=O) groups is 1. The molecule has 0 spiro atoms. The van der Waals surface area contributed by atoms with Crippen molar-refractivity contribution < 1.29 is 14.3 Å². The Balaban J connectivity index is 1.28. The van der Waals surface area contributed by atoms with Crippen molar-refractivity contribution in [1.29, 1.82) is 0 Å². The second kappa shape index (κ2) is 5.17. The molecule has 0 aromatic heterocycles. The Morgan fingerprint density at radius 3 is 2.39 bits per heavy atom. The topological polar surface area (TPSA) is 35.5 Å². The normalized spacial score (nSPS) is 36.4. The molecule has 4 bridgehead atoms. The molecule has 1 aromatic rings. The van der Waals surface area contributed by atoms with Gasteiger partial charge in [-0.1, -0.05) is 0 Å². The maximum absolute atomic E-state index is 12.6. The molecule has 0 unspecified atom stereocenters. The number of hydrogen-bond acceptors (Lipinski definition) is 4. The highest BCUT2D eigenvalue weighted by Gasteiger charge is 2.51. The maximum atomic E-state index is 12.6. The molecule has 0 atom stereocenters. The standard InChI is InChI=1S/C19H22O3S/c20-16(15-1-2-17-18(6-15)22-11-21-17)10-23-19-7-12-3-13(8-19)5-14(4-12)9-19/h1-2,6,12-14H,3-5,7-11H2. The van der Waals surface area contributed by atoms with E-state index in [4.69, 9.17) is 9.47 Å². The van der Waals surface area contributed by atoms with Crippen LogP contribution in [0.3, 0.4) is 0 Å². The van der Waals surface area contributed by atoms with E-state index in [1.165, 1.54) is 38.5 Å². The highest BCUT2D eigenvalue weighted by molar-refractivity contribution is 8.01. The van der Waals surface area contributed by atoms with Gasteiger partial charge in [-0.3, -0.25) is 4.79 Å². The Bertz CT molecular complexity index is 619. The number of Topliss-reactive ketones (excluding diaryl/α,β-unsaturated/α-hetero) is 1. The van der Waals surface area contributed by atoms with Crippen molar-refractivity contribution in [3.63, 3.8) is 0 Å². The van der Waals surface area contributed by atoms with Crippen LogP contribution in [0, 0.1) is 17.8 Å². The fraction of sp³-hybridized carbons (Fsp3) is 0.632. The molecule has 4 fully saturated rings. The zero-order chi connectivity index (χ0) is 15.4. The number of fused-ring (bicyclic) bond motifs is 1. The highest BCUT2D eigenvalue weighted by Crippen LogP contribution is 2.60. The number of thioether (sulfide) groups is 1. The van der Waals surface area contributed by atoms with Gasteiger partial charge in [-0.2, -0.15) is 0 Å². The van der Waals surface area contributed by atoms with Gasteiger partial charge in [0.05, 0.1) is 5.75 Å². The van der Waals surface area contributed by atoms with Gasteiger partial charge in [0.15, 0.2) is 17.3 Å². The second-order valence-corrected chi connectivity index (χ2v) is 9.32. The summed E-state index contributed by atoms with van der Waals surface area (Å²) in [6.07, 6.45) is 8.40. The molecule has 1 aromatic carbocycles. The lowest BCUT2D eigenvalue weighted by molar-refractivity contribution is 0.0383. The van der Waals surface area contributed by atoms with E-state index in [-0.39, 0.29) is 12.6 Å². The summed E-state index contributed by atoms with van der Waals surface area (Å²) < 4.78 is 11.1. The van der Waals surface area contributed by atoms with E-state index in [2.05, 4.69) is 0 Å². The summed E-state index contributed by atoms with van der Waals surface area (Å²) in [5.74, 6) is 5.10. The van der Waals surface area contributed by atoms with Crippen molar-refractivity contribution in [1.82, 2.24) is 0 Å². The van der Waals surface area contributed by atoms with Crippen LogP contribution in [0.1, 0.15) is 48.9 Å². The van der Waals surface area contributed by atoms with Crippen molar-refractivity contribution in [2.45, 2.75) is 43.3 Å². The van der Waals surface area contributed by atoms with Gasteiger partial charge >= 0.3 is 0 Å². The summed E-state index contributed by atoms with van der Waals surface area (Å²) >= 11 is 1.95. The number of rotatable bonds is 4. The smallest absolute Gasteiger partial charge is 0.231 e. The number of carbonyl (C=O) groups excluding carboxylic acids is 1. The monoisotopic (exact) mass is 330 g/mol. The lowest BCUT2D eigenvalue weighted by Crippen LogP contribution is -2.48. The summed E-state index contributed by atoms with van der Waals surface area (Å²) in [6.45, 7) is 0.259. The molecule has 4 heteroatoms. The molecule has 4 saturated carbocycles. The predicted octanol–water partition coefficient (Wildman–Crippen LogP) is 4.30. The van der Waals surface area contributed by atoms with Crippen LogP contribution in [0.5, 0.6) is 11.5 Å².